The smallest absolute Gasteiger partial charge is 0.169 e. The first-order valence-electron chi connectivity index (χ1n) is 6.72. The Labute approximate surface area is 119 Å². The van der Waals surface area contributed by atoms with Crippen molar-refractivity contribution in [3.63, 3.8) is 0 Å². The van der Waals surface area contributed by atoms with Gasteiger partial charge in [-0.3, -0.25) is 4.79 Å². The molecule has 0 heterocycles. The third-order valence-corrected chi connectivity index (χ3v) is 2.80. The van der Waals surface area contributed by atoms with Gasteiger partial charge in [0.05, 0.1) is 12.2 Å². The topological polar surface area (TPSA) is 35.5 Å². The van der Waals surface area contributed by atoms with E-state index in [1.165, 1.54) is 6.92 Å². The zero-order valence-electron chi connectivity index (χ0n) is 11.8. The van der Waals surface area contributed by atoms with Crippen LogP contribution in [0.25, 0.3) is 0 Å². The number of benzene rings is 2. The van der Waals surface area contributed by atoms with Crippen LogP contribution in [0.2, 0.25) is 0 Å². The van der Waals surface area contributed by atoms with Crippen LogP contribution in [-0.2, 0) is 0 Å². The zero-order chi connectivity index (χ0) is 14.4. The summed E-state index contributed by atoms with van der Waals surface area (Å²) in [5, 5.41) is 0. The SMILES string of the molecule is CCCOc1ccccc1Oc1ccccc1C(C)=O. The molecule has 3 nitrogen and oxygen atoms in total. The number of carbonyl (C=O) groups excluding carboxylic acids is 1. The molecule has 3 heteroatoms. The summed E-state index contributed by atoms with van der Waals surface area (Å²) >= 11 is 0. The molecule has 0 saturated carbocycles. The molecule has 0 saturated heterocycles. The molecule has 0 unspecified atom stereocenters. The second kappa shape index (κ2) is 6.75. The molecule has 104 valence electrons. The van der Waals surface area contributed by atoms with E-state index in [0.29, 0.717) is 29.4 Å². The molecule has 20 heavy (non-hydrogen) atoms. The Morgan fingerprint density at radius 1 is 0.950 bits per heavy atom. The Kier molecular flexibility index (Phi) is 4.77. The van der Waals surface area contributed by atoms with Crippen LogP contribution in [-0.4, -0.2) is 12.4 Å². The van der Waals surface area contributed by atoms with Gasteiger partial charge in [0.25, 0.3) is 0 Å². The van der Waals surface area contributed by atoms with Crippen molar-refractivity contribution in [2.45, 2.75) is 20.3 Å². The number of para-hydroxylation sites is 3. The molecule has 2 rings (SSSR count). The van der Waals surface area contributed by atoms with Crippen molar-refractivity contribution in [3.8, 4) is 17.2 Å². The van der Waals surface area contributed by atoms with Crippen LogP contribution in [0.3, 0.4) is 0 Å². The Bertz CT molecular complexity index is 590. The first kappa shape index (κ1) is 14.1. The van der Waals surface area contributed by atoms with E-state index in [1.54, 1.807) is 12.1 Å². The first-order chi connectivity index (χ1) is 9.72. The fraction of sp³-hybridized carbons (Fsp3) is 0.235. The molecule has 0 amide bonds. The van der Waals surface area contributed by atoms with Gasteiger partial charge in [0, 0.05) is 0 Å². The minimum atomic E-state index is -0.0208. The summed E-state index contributed by atoms with van der Waals surface area (Å²) in [6.07, 6.45) is 0.929. The summed E-state index contributed by atoms with van der Waals surface area (Å²) in [5.74, 6) is 1.84. The van der Waals surface area contributed by atoms with Gasteiger partial charge in [-0.25, -0.2) is 0 Å². The van der Waals surface area contributed by atoms with Crippen molar-refractivity contribution < 1.29 is 14.3 Å². The van der Waals surface area contributed by atoms with E-state index in [2.05, 4.69) is 6.92 Å². The summed E-state index contributed by atoms with van der Waals surface area (Å²) in [5.41, 5.74) is 0.567. The van der Waals surface area contributed by atoms with E-state index in [0.717, 1.165) is 6.42 Å². The maximum Gasteiger partial charge on any atom is 0.169 e. The molecular formula is C17H18O3. The largest absolute Gasteiger partial charge is 0.490 e. The van der Waals surface area contributed by atoms with Crippen LogP contribution in [0, 0.1) is 0 Å². The Balaban J connectivity index is 2.28. The van der Waals surface area contributed by atoms with Gasteiger partial charge in [-0.05, 0) is 37.6 Å². The molecule has 0 radical (unpaired) electrons. The predicted octanol–water partition coefficient (Wildman–Crippen LogP) is 4.47. The van der Waals surface area contributed by atoms with Crippen LogP contribution >= 0.6 is 0 Å². The van der Waals surface area contributed by atoms with E-state index >= 15 is 0 Å². The Hall–Kier alpha value is -2.29. The predicted molar refractivity (Wildman–Crippen MR) is 78.7 cm³/mol. The highest BCUT2D eigenvalue weighted by Crippen LogP contribution is 2.33. The first-order valence-corrected chi connectivity index (χ1v) is 6.72. The lowest BCUT2D eigenvalue weighted by atomic mass is 10.1. The third kappa shape index (κ3) is 3.38. The molecule has 0 bridgehead atoms. The molecule has 0 aliphatic heterocycles. The highest BCUT2D eigenvalue weighted by Gasteiger charge is 2.11. The monoisotopic (exact) mass is 270 g/mol. The summed E-state index contributed by atoms with van der Waals surface area (Å²) < 4.78 is 11.5. The fourth-order valence-corrected chi connectivity index (χ4v) is 1.83. The molecule has 0 aliphatic carbocycles. The van der Waals surface area contributed by atoms with Crippen molar-refractivity contribution in [2.24, 2.45) is 0 Å². The Morgan fingerprint density at radius 2 is 1.55 bits per heavy atom. The van der Waals surface area contributed by atoms with Gasteiger partial charge in [0.1, 0.15) is 5.75 Å². The lowest BCUT2D eigenvalue weighted by Crippen LogP contribution is -2.00. The van der Waals surface area contributed by atoms with Crippen molar-refractivity contribution in [1.82, 2.24) is 0 Å². The summed E-state index contributed by atoms with van der Waals surface area (Å²) in [7, 11) is 0. The van der Waals surface area contributed by atoms with Gasteiger partial charge in [0.15, 0.2) is 17.3 Å². The maximum atomic E-state index is 11.6. The van der Waals surface area contributed by atoms with E-state index in [-0.39, 0.29) is 5.78 Å². The second-order valence-electron chi connectivity index (χ2n) is 4.45. The molecular weight excluding hydrogens is 252 g/mol. The van der Waals surface area contributed by atoms with Crippen molar-refractivity contribution >= 4 is 5.78 Å². The van der Waals surface area contributed by atoms with Crippen LogP contribution in [0.1, 0.15) is 30.6 Å². The second-order valence-corrected chi connectivity index (χ2v) is 4.45. The number of hydrogen-bond donors (Lipinski definition) is 0. The van der Waals surface area contributed by atoms with Crippen molar-refractivity contribution in [2.75, 3.05) is 6.61 Å². The molecule has 2 aromatic carbocycles. The number of ketones is 1. The van der Waals surface area contributed by atoms with Gasteiger partial charge in [-0.1, -0.05) is 31.2 Å². The molecule has 0 fully saturated rings. The highest BCUT2D eigenvalue weighted by molar-refractivity contribution is 5.96. The average Bonchev–Trinajstić information content (AvgIpc) is 2.47. The van der Waals surface area contributed by atoms with Crippen LogP contribution in [0.5, 0.6) is 17.2 Å². The summed E-state index contributed by atoms with van der Waals surface area (Å²) in [6.45, 7) is 4.21. The molecule has 0 N–H and O–H groups in total. The number of hydrogen-bond acceptors (Lipinski definition) is 3. The quantitative estimate of drug-likeness (QED) is 0.726. The lowest BCUT2D eigenvalue weighted by molar-refractivity contribution is 0.101. The van der Waals surface area contributed by atoms with E-state index in [9.17, 15) is 4.79 Å². The van der Waals surface area contributed by atoms with Crippen molar-refractivity contribution in [1.29, 1.82) is 0 Å². The van der Waals surface area contributed by atoms with E-state index in [1.807, 2.05) is 36.4 Å². The van der Waals surface area contributed by atoms with Gasteiger partial charge < -0.3 is 9.47 Å². The Morgan fingerprint density at radius 3 is 2.20 bits per heavy atom. The average molecular weight is 270 g/mol. The van der Waals surface area contributed by atoms with Gasteiger partial charge in [-0.15, -0.1) is 0 Å². The normalized spacial score (nSPS) is 10.1. The van der Waals surface area contributed by atoms with Gasteiger partial charge in [0.2, 0.25) is 0 Å². The minimum absolute atomic E-state index is 0.0208. The van der Waals surface area contributed by atoms with Crippen LogP contribution < -0.4 is 9.47 Å². The maximum absolute atomic E-state index is 11.6. The van der Waals surface area contributed by atoms with Crippen LogP contribution in [0.4, 0.5) is 0 Å². The number of carbonyl (C=O) groups is 1. The molecule has 0 aliphatic rings. The van der Waals surface area contributed by atoms with Gasteiger partial charge >= 0.3 is 0 Å². The highest BCUT2D eigenvalue weighted by atomic mass is 16.5. The molecule has 0 aromatic heterocycles. The summed E-state index contributed by atoms with van der Waals surface area (Å²) in [4.78, 5) is 11.6. The molecule has 0 atom stereocenters. The standard InChI is InChI=1S/C17H18O3/c1-3-12-19-16-10-6-7-11-17(16)20-15-9-5-4-8-14(15)13(2)18/h4-11H,3,12H2,1-2H3. The van der Waals surface area contributed by atoms with E-state index in [4.69, 9.17) is 9.47 Å². The summed E-state index contributed by atoms with van der Waals surface area (Å²) in [6, 6.07) is 14.7. The minimum Gasteiger partial charge on any atom is -0.490 e. The van der Waals surface area contributed by atoms with Crippen molar-refractivity contribution in [3.05, 3.63) is 54.1 Å². The third-order valence-electron chi connectivity index (χ3n) is 2.80. The fourth-order valence-electron chi connectivity index (χ4n) is 1.83. The number of Topliss-reactive ketones (excluding diaryl/α,β-unsaturated/α-hetero) is 1. The zero-order valence-corrected chi connectivity index (χ0v) is 11.8. The molecule has 0 spiro atoms. The van der Waals surface area contributed by atoms with E-state index < -0.39 is 0 Å². The number of ether oxygens (including phenoxy) is 2. The number of rotatable bonds is 6. The van der Waals surface area contributed by atoms with Gasteiger partial charge in [-0.2, -0.15) is 0 Å². The van der Waals surface area contributed by atoms with Crippen LogP contribution in [0.15, 0.2) is 48.5 Å². The molecule has 2 aromatic rings. The lowest BCUT2D eigenvalue weighted by Gasteiger charge is -2.13.